The van der Waals surface area contributed by atoms with Crippen LogP contribution < -0.4 is 0 Å². The van der Waals surface area contributed by atoms with Gasteiger partial charge in [0.1, 0.15) is 0 Å². The predicted molar refractivity (Wildman–Crippen MR) is 105 cm³/mol. The van der Waals surface area contributed by atoms with Gasteiger partial charge in [-0.2, -0.15) is 0 Å². The SMILES string of the molecule is C[C@H]1CC[C@H](C)[PH]12C1=C(C(=O)OC1=O)[PH]1([C@@H](C)CC[C@@H]1C)C2(C)C. The van der Waals surface area contributed by atoms with Gasteiger partial charge in [0.05, 0.1) is 0 Å². The van der Waals surface area contributed by atoms with Crippen molar-refractivity contribution in [3.8, 4) is 0 Å². The van der Waals surface area contributed by atoms with Crippen molar-refractivity contribution in [2.24, 2.45) is 0 Å². The van der Waals surface area contributed by atoms with Crippen LogP contribution in [0.4, 0.5) is 0 Å². The molecule has 0 unspecified atom stereocenters. The fourth-order valence-electron chi connectivity index (χ4n) is 8.44. The molecule has 5 heteroatoms. The molecule has 0 saturated carbocycles. The molecule has 4 aliphatic heterocycles. The zero-order valence-corrected chi connectivity index (χ0v) is 17.9. The predicted octanol–water partition coefficient (Wildman–Crippen LogP) is 4.67. The van der Waals surface area contributed by atoms with Crippen molar-refractivity contribution in [1.29, 1.82) is 0 Å². The zero-order chi connectivity index (χ0) is 17.7. The molecule has 4 aliphatic rings. The van der Waals surface area contributed by atoms with E-state index in [2.05, 4.69) is 41.5 Å². The Hall–Kier alpha value is -0.260. The molecule has 2 fully saturated rings. The summed E-state index contributed by atoms with van der Waals surface area (Å²) in [6.07, 6.45) is 4.84. The first-order chi connectivity index (χ1) is 11.1. The van der Waals surface area contributed by atoms with Gasteiger partial charge in [-0.15, -0.1) is 0 Å². The van der Waals surface area contributed by atoms with Gasteiger partial charge in [0.25, 0.3) is 0 Å². The summed E-state index contributed by atoms with van der Waals surface area (Å²) in [5.41, 5.74) is 2.33. The molecule has 24 heavy (non-hydrogen) atoms. The van der Waals surface area contributed by atoms with Gasteiger partial charge in [0, 0.05) is 0 Å². The minimum atomic E-state index is -2.11. The van der Waals surface area contributed by atoms with Crippen LogP contribution >= 0.6 is 14.5 Å². The summed E-state index contributed by atoms with van der Waals surface area (Å²) < 4.78 is 5.31. The maximum atomic E-state index is 12.9. The fourth-order valence-corrected chi connectivity index (χ4v) is 30.5. The topological polar surface area (TPSA) is 43.4 Å². The molecule has 0 amide bonds. The van der Waals surface area contributed by atoms with Crippen molar-refractivity contribution >= 4 is 26.5 Å². The van der Waals surface area contributed by atoms with E-state index in [1.807, 2.05) is 0 Å². The van der Waals surface area contributed by atoms with E-state index >= 15 is 0 Å². The van der Waals surface area contributed by atoms with Crippen LogP contribution in [0.15, 0.2) is 10.6 Å². The van der Waals surface area contributed by atoms with E-state index in [0.717, 1.165) is 10.6 Å². The number of hydrogen-bond donors (Lipinski definition) is 0. The molecular formula is C19H32O3P2. The third-order valence-corrected chi connectivity index (χ3v) is 25.7. The second-order valence-electron chi connectivity index (χ2n) is 9.55. The Bertz CT molecular complexity index is 604. The van der Waals surface area contributed by atoms with E-state index < -0.39 is 14.5 Å². The summed E-state index contributed by atoms with van der Waals surface area (Å²) in [5, 5.41) is 1.95. The van der Waals surface area contributed by atoms with Crippen LogP contribution in [0.2, 0.25) is 0 Å². The van der Waals surface area contributed by atoms with Crippen molar-refractivity contribution in [3.63, 3.8) is 0 Å². The van der Waals surface area contributed by atoms with Crippen LogP contribution in [0.25, 0.3) is 0 Å². The number of carbonyl (C=O) groups is 2. The number of rotatable bonds is 0. The van der Waals surface area contributed by atoms with E-state index in [-0.39, 0.29) is 16.8 Å². The number of fused-ring (bicyclic) bond motifs is 2. The fraction of sp³-hybridized carbons (Fsp3) is 0.789. The molecule has 0 aromatic rings. The van der Waals surface area contributed by atoms with E-state index in [9.17, 15) is 9.59 Å². The standard InChI is InChI=1S/C19H32O3P2/c1-11-7-8-12(2)23(11)15-16(18(21)22-17(15)20)24(19(23,5)6)13(3)9-10-14(24)4/h11-14,23-24H,7-10H2,1-6H3/t11-,12-,13-,14-/m0/s1. The van der Waals surface area contributed by atoms with E-state index in [4.69, 9.17) is 4.74 Å². The third kappa shape index (κ3) is 1.47. The number of ether oxygens (including phenoxy) is 1. The summed E-state index contributed by atoms with van der Waals surface area (Å²) in [7, 11) is -4.23. The average Bonchev–Trinajstić information content (AvgIpc) is 3.11. The van der Waals surface area contributed by atoms with Gasteiger partial charge in [-0.25, -0.2) is 0 Å². The van der Waals surface area contributed by atoms with Crippen molar-refractivity contribution in [3.05, 3.63) is 10.6 Å². The Morgan fingerprint density at radius 2 is 1.04 bits per heavy atom. The Labute approximate surface area is 146 Å². The molecule has 0 bridgehead atoms. The molecule has 0 N–H and O–H groups in total. The Morgan fingerprint density at radius 1 is 0.750 bits per heavy atom. The van der Waals surface area contributed by atoms with Crippen LogP contribution in [0, 0.1) is 0 Å². The molecule has 4 heterocycles. The molecule has 3 nitrogen and oxygen atoms in total. The Balaban J connectivity index is 2.11. The first-order valence-corrected chi connectivity index (χ1v) is 14.0. The van der Waals surface area contributed by atoms with Crippen LogP contribution in [-0.2, 0) is 14.3 Å². The molecule has 2 saturated heterocycles. The van der Waals surface area contributed by atoms with Gasteiger partial charge in [-0.05, 0) is 0 Å². The third-order valence-electron chi connectivity index (χ3n) is 8.91. The molecule has 0 radical (unpaired) electrons. The van der Waals surface area contributed by atoms with Crippen molar-refractivity contribution < 1.29 is 14.3 Å². The summed E-state index contributed by atoms with van der Waals surface area (Å²) in [6, 6.07) is 0. The zero-order valence-electron chi connectivity index (χ0n) is 15.9. The first-order valence-electron chi connectivity index (χ1n) is 9.66. The van der Waals surface area contributed by atoms with Crippen molar-refractivity contribution in [2.75, 3.05) is 0 Å². The first kappa shape index (κ1) is 17.2. The monoisotopic (exact) mass is 370 g/mol. The van der Waals surface area contributed by atoms with Gasteiger partial charge < -0.3 is 0 Å². The molecule has 0 aromatic heterocycles. The van der Waals surface area contributed by atoms with Crippen molar-refractivity contribution in [2.45, 2.75) is 94.8 Å². The summed E-state index contributed by atoms with van der Waals surface area (Å²) in [6.45, 7) is 14.4. The van der Waals surface area contributed by atoms with Crippen LogP contribution in [0.1, 0.15) is 67.2 Å². The molecule has 4 atom stereocenters. The van der Waals surface area contributed by atoms with Crippen LogP contribution in [-0.4, -0.2) is 39.5 Å². The molecule has 0 aliphatic carbocycles. The summed E-state index contributed by atoms with van der Waals surface area (Å²) in [5.74, 6) is -0.489. The molecule has 2 spiro atoms. The quantitative estimate of drug-likeness (QED) is 0.353. The number of esters is 2. The Morgan fingerprint density at radius 3 is 1.33 bits per heavy atom. The van der Waals surface area contributed by atoms with E-state index in [1.54, 1.807) is 0 Å². The van der Waals surface area contributed by atoms with Crippen molar-refractivity contribution in [1.82, 2.24) is 0 Å². The average molecular weight is 370 g/mol. The second-order valence-corrected chi connectivity index (χ2v) is 21.0. The van der Waals surface area contributed by atoms with Crippen LogP contribution in [0.3, 0.4) is 0 Å². The molecule has 0 aromatic carbocycles. The maximum absolute atomic E-state index is 12.9. The van der Waals surface area contributed by atoms with Gasteiger partial charge in [0.15, 0.2) is 0 Å². The number of carbonyl (C=O) groups excluding carboxylic acids is 2. The number of hydrogen-bond acceptors (Lipinski definition) is 3. The summed E-state index contributed by atoms with van der Waals surface area (Å²) >= 11 is 0. The molecule has 136 valence electrons. The number of cyclic esters (lactones) is 2. The molecule has 4 rings (SSSR count). The van der Waals surface area contributed by atoms with Gasteiger partial charge in [-0.1, -0.05) is 0 Å². The second kappa shape index (κ2) is 4.92. The van der Waals surface area contributed by atoms with Crippen LogP contribution in [0.5, 0.6) is 0 Å². The van der Waals surface area contributed by atoms with E-state index in [0.29, 0.717) is 22.6 Å². The van der Waals surface area contributed by atoms with Gasteiger partial charge in [-0.3, -0.25) is 0 Å². The summed E-state index contributed by atoms with van der Waals surface area (Å²) in [4.78, 5) is 26.0. The van der Waals surface area contributed by atoms with E-state index in [1.165, 1.54) is 25.7 Å². The Kier molecular flexibility index (Phi) is 3.52. The molecular weight excluding hydrogens is 338 g/mol. The van der Waals surface area contributed by atoms with Gasteiger partial charge in [0.2, 0.25) is 0 Å². The van der Waals surface area contributed by atoms with Gasteiger partial charge >= 0.3 is 146 Å². The normalized spacial score (nSPS) is 44.2. The minimum absolute atomic E-state index is 0.171.